The summed E-state index contributed by atoms with van der Waals surface area (Å²) in [6, 6.07) is 9.75. The Morgan fingerprint density at radius 2 is 1.96 bits per heavy atom. The third-order valence-corrected chi connectivity index (χ3v) is 5.94. The lowest BCUT2D eigenvalue weighted by molar-refractivity contribution is -0.384. The number of nitro benzene ring substituents is 1. The number of amides is 1. The van der Waals surface area contributed by atoms with E-state index >= 15 is 0 Å². The molecule has 25 heavy (non-hydrogen) atoms. The van der Waals surface area contributed by atoms with Gasteiger partial charge in [-0.15, -0.1) is 22.7 Å². The maximum absolute atomic E-state index is 12.4. The van der Waals surface area contributed by atoms with Crippen LogP contribution in [0.2, 0.25) is 4.34 Å². The maximum atomic E-state index is 12.4. The number of hydrogen-bond donors (Lipinski definition) is 1. The molecule has 1 N–H and O–H groups in total. The van der Waals surface area contributed by atoms with Crippen molar-refractivity contribution in [2.45, 2.75) is 13.5 Å². The van der Waals surface area contributed by atoms with Gasteiger partial charge in [0.25, 0.3) is 11.6 Å². The summed E-state index contributed by atoms with van der Waals surface area (Å²) in [5, 5.41) is 14.2. The summed E-state index contributed by atoms with van der Waals surface area (Å²) in [5.74, 6) is -0.220. The molecule has 0 saturated carbocycles. The zero-order valence-corrected chi connectivity index (χ0v) is 15.4. The second kappa shape index (κ2) is 7.30. The van der Waals surface area contributed by atoms with Crippen molar-refractivity contribution >= 4 is 45.9 Å². The molecule has 2 heterocycles. The number of hydrogen-bond acceptors (Lipinski definition) is 6. The number of rotatable bonds is 5. The third kappa shape index (κ3) is 4.04. The minimum Gasteiger partial charge on any atom is -0.347 e. The first-order valence-corrected chi connectivity index (χ1v) is 9.20. The van der Waals surface area contributed by atoms with Crippen molar-refractivity contribution in [1.82, 2.24) is 10.3 Å². The van der Waals surface area contributed by atoms with E-state index in [0.717, 1.165) is 15.4 Å². The van der Waals surface area contributed by atoms with Crippen LogP contribution in [-0.4, -0.2) is 15.8 Å². The Hall–Kier alpha value is -2.29. The highest BCUT2D eigenvalue weighted by Gasteiger charge is 2.17. The average Bonchev–Trinajstić information content (AvgIpc) is 3.19. The van der Waals surface area contributed by atoms with E-state index in [-0.39, 0.29) is 18.1 Å². The van der Waals surface area contributed by atoms with Crippen molar-refractivity contribution in [3.8, 4) is 9.88 Å². The van der Waals surface area contributed by atoms with Crippen molar-refractivity contribution < 1.29 is 9.72 Å². The van der Waals surface area contributed by atoms with Crippen LogP contribution in [0.4, 0.5) is 5.69 Å². The molecular formula is C16H12ClN3O3S2. The zero-order valence-electron chi connectivity index (χ0n) is 13.0. The highest BCUT2D eigenvalue weighted by atomic mass is 35.5. The van der Waals surface area contributed by atoms with Crippen LogP contribution in [0.3, 0.4) is 0 Å². The first-order chi connectivity index (χ1) is 11.9. The molecule has 9 heteroatoms. The van der Waals surface area contributed by atoms with Gasteiger partial charge in [0.15, 0.2) is 0 Å². The minimum absolute atomic E-state index is 0.0210. The number of aryl methyl sites for hydroxylation is 1. The molecule has 0 bridgehead atoms. The number of halogens is 1. The van der Waals surface area contributed by atoms with Gasteiger partial charge in [0.2, 0.25) is 0 Å². The number of thiazole rings is 1. The van der Waals surface area contributed by atoms with Crippen molar-refractivity contribution in [3.63, 3.8) is 0 Å². The van der Waals surface area contributed by atoms with Crippen molar-refractivity contribution in [1.29, 1.82) is 0 Å². The molecule has 0 unspecified atom stereocenters. The summed E-state index contributed by atoms with van der Waals surface area (Å²) < 4.78 is 0.673. The van der Waals surface area contributed by atoms with Crippen molar-refractivity contribution in [3.05, 3.63) is 67.0 Å². The Balaban J connectivity index is 1.69. The number of thiophene rings is 1. The van der Waals surface area contributed by atoms with Crippen LogP contribution in [0.1, 0.15) is 20.9 Å². The molecule has 128 valence electrons. The second-order valence-electron chi connectivity index (χ2n) is 5.14. The van der Waals surface area contributed by atoms with Gasteiger partial charge in [-0.2, -0.15) is 0 Å². The average molecular weight is 394 g/mol. The molecule has 6 nitrogen and oxygen atoms in total. The predicted molar refractivity (Wildman–Crippen MR) is 99.4 cm³/mol. The van der Waals surface area contributed by atoms with Gasteiger partial charge in [-0.05, 0) is 24.6 Å². The lowest BCUT2D eigenvalue weighted by Gasteiger charge is -2.04. The first kappa shape index (κ1) is 17.5. The molecule has 0 atom stereocenters. The van der Waals surface area contributed by atoms with E-state index in [4.69, 9.17) is 11.6 Å². The van der Waals surface area contributed by atoms with E-state index in [0.29, 0.717) is 14.9 Å². The van der Waals surface area contributed by atoms with Crippen LogP contribution in [0.5, 0.6) is 0 Å². The van der Waals surface area contributed by atoms with Crippen molar-refractivity contribution in [2.75, 3.05) is 0 Å². The summed E-state index contributed by atoms with van der Waals surface area (Å²) in [6.45, 7) is 2.07. The van der Waals surface area contributed by atoms with Gasteiger partial charge >= 0.3 is 0 Å². The summed E-state index contributed by atoms with van der Waals surface area (Å²) >= 11 is 8.67. The van der Waals surface area contributed by atoms with E-state index in [2.05, 4.69) is 10.3 Å². The molecular weight excluding hydrogens is 382 g/mol. The Bertz CT molecular complexity index is 935. The largest absolute Gasteiger partial charge is 0.347 e. The van der Waals surface area contributed by atoms with E-state index < -0.39 is 4.92 Å². The van der Waals surface area contributed by atoms with Crippen LogP contribution < -0.4 is 5.32 Å². The molecule has 0 spiro atoms. The molecule has 0 radical (unpaired) electrons. The summed E-state index contributed by atoms with van der Waals surface area (Å²) in [4.78, 5) is 28.5. The fraction of sp³-hybridized carbons (Fsp3) is 0.125. The Morgan fingerprint density at radius 3 is 2.56 bits per heavy atom. The molecule has 2 aromatic heterocycles. The van der Waals surface area contributed by atoms with Gasteiger partial charge < -0.3 is 5.32 Å². The number of nitrogens with zero attached hydrogens (tertiary/aromatic N) is 2. The summed E-state index contributed by atoms with van der Waals surface area (Å²) in [6.07, 6.45) is 0. The predicted octanol–water partition coefficient (Wildman–Crippen LogP) is 4.67. The van der Waals surface area contributed by atoms with Gasteiger partial charge in [-0.3, -0.25) is 14.9 Å². The molecule has 0 saturated heterocycles. The summed E-state index contributed by atoms with van der Waals surface area (Å²) in [7, 11) is 0. The number of non-ortho nitro benzene ring substituents is 1. The van der Waals surface area contributed by atoms with Crippen LogP contribution in [0, 0.1) is 17.0 Å². The lowest BCUT2D eigenvalue weighted by atomic mass is 10.2. The zero-order chi connectivity index (χ0) is 18.0. The Morgan fingerprint density at radius 1 is 1.24 bits per heavy atom. The normalized spacial score (nSPS) is 10.6. The molecule has 1 amide bonds. The number of aromatic nitrogens is 1. The molecule has 1 aromatic carbocycles. The standard InChI is InChI=1S/C16H12ClN3O3S2/c1-9-14(25-16(19-9)12-6-7-13(17)24-12)15(21)18-8-10-2-4-11(5-3-10)20(22)23/h2-7H,8H2,1H3,(H,18,21). The fourth-order valence-electron chi connectivity index (χ4n) is 2.14. The number of benzene rings is 1. The van der Waals surface area contributed by atoms with Gasteiger partial charge in [0.05, 0.1) is 19.8 Å². The van der Waals surface area contributed by atoms with Gasteiger partial charge in [0.1, 0.15) is 9.88 Å². The highest BCUT2D eigenvalue weighted by Crippen LogP contribution is 2.34. The number of carbonyl (C=O) groups excluding carboxylic acids is 1. The van der Waals surface area contributed by atoms with E-state index in [1.165, 1.54) is 34.8 Å². The van der Waals surface area contributed by atoms with Crippen LogP contribution in [0.25, 0.3) is 9.88 Å². The molecule has 3 aromatic rings. The number of nitrogens with one attached hydrogen (secondary N) is 1. The van der Waals surface area contributed by atoms with Gasteiger partial charge in [0, 0.05) is 18.7 Å². The third-order valence-electron chi connectivity index (χ3n) is 3.39. The topological polar surface area (TPSA) is 85.1 Å². The number of nitro groups is 1. The van der Waals surface area contributed by atoms with Gasteiger partial charge in [-0.25, -0.2) is 4.98 Å². The summed E-state index contributed by atoms with van der Waals surface area (Å²) in [5.41, 5.74) is 1.46. The molecule has 0 aliphatic carbocycles. The highest BCUT2D eigenvalue weighted by molar-refractivity contribution is 7.24. The van der Waals surface area contributed by atoms with E-state index in [1.54, 1.807) is 25.1 Å². The molecule has 0 aliphatic rings. The monoisotopic (exact) mass is 393 g/mol. The van der Waals surface area contributed by atoms with Crippen LogP contribution in [0.15, 0.2) is 36.4 Å². The Labute approximate surface area is 156 Å². The minimum atomic E-state index is -0.457. The first-order valence-electron chi connectivity index (χ1n) is 7.18. The molecule has 0 aliphatic heterocycles. The van der Waals surface area contributed by atoms with E-state index in [9.17, 15) is 14.9 Å². The quantitative estimate of drug-likeness (QED) is 0.504. The number of carbonyl (C=O) groups is 1. The Kier molecular flexibility index (Phi) is 5.12. The van der Waals surface area contributed by atoms with Gasteiger partial charge in [-0.1, -0.05) is 23.7 Å². The second-order valence-corrected chi connectivity index (χ2v) is 7.86. The SMILES string of the molecule is Cc1nc(-c2ccc(Cl)s2)sc1C(=O)NCc1ccc([N+](=O)[O-])cc1. The maximum Gasteiger partial charge on any atom is 0.269 e. The lowest BCUT2D eigenvalue weighted by Crippen LogP contribution is -2.22. The van der Waals surface area contributed by atoms with Crippen LogP contribution in [-0.2, 0) is 6.54 Å². The van der Waals surface area contributed by atoms with E-state index in [1.807, 2.05) is 6.07 Å². The molecule has 3 rings (SSSR count). The van der Waals surface area contributed by atoms with Crippen molar-refractivity contribution in [2.24, 2.45) is 0 Å². The fourth-order valence-corrected chi connectivity index (χ4v) is 4.22. The van der Waals surface area contributed by atoms with Crippen LogP contribution >= 0.6 is 34.3 Å². The molecule has 0 fully saturated rings. The smallest absolute Gasteiger partial charge is 0.269 e.